The first-order valence-electron chi connectivity index (χ1n) is 7.07. The van der Waals surface area contributed by atoms with Crippen LogP contribution in [0.3, 0.4) is 0 Å². The molecule has 0 bridgehead atoms. The van der Waals surface area contributed by atoms with Crippen molar-refractivity contribution in [1.29, 1.82) is 0 Å². The van der Waals surface area contributed by atoms with Gasteiger partial charge >= 0.3 is 0 Å². The van der Waals surface area contributed by atoms with E-state index < -0.39 is 0 Å². The third-order valence-electron chi connectivity index (χ3n) is 4.03. The van der Waals surface area contributed by atoms with Gasteiger partial charge in [0.25, 0.3) is 0 Å². The van der Waals surface area contributed by atoms with Crippen molar-refractivity contribution in [3.63, 3.8) is 0 Å². The molecule has 1 nitrogen and oxygen atoms in total. The lowest BCUT2D eigenvalue weighted by molar-refractivity contribution is 0.669. The molecular weight excluding hydrogens is 244 g/mol. The fourth-order valence-corrected chi connectivity index (χ4v) is 2.84. The molecule has 4 rings (SSSR count). The Morgan fingerprint density at radius 2 is 1.45 bits per heavy atom. The molecule has 0 saturated carbocycles. The van der Waals surface area contributed by atoms with Crippen LogP contribution in [0.2, 0.25) is 0 Å². The van der Waals surface area contributed by atoms with Crippen LogP contribution in [0.25, 0.3) is 32.7 Å². The fourth-order valence-electron chi connectivity index (χ4n) is 2.84. The second-order valence-electron chi connectivity index (χ2n) is 5.71. The van der Waals surface area contributed by atoms with Gasteiger partial charge in [-0.1, -0.05) is 44.2 Å². The van der Waals surface area contributed by atoms with Crippen molar-refractivity contribution in [2.24, 2.45) is 0 Å². The zero-order valence-corrected chi connectivity index (χ0v) is 11.7. The SMILES string of the molecule is CC(C)c1ccc2oc3cc4ccccc4cc3c2c1. The summed E-state index contributed by atoms with van der Waals surface area (Å²) in [5.74, 6) is 0.532. The van der Waals surface area contributed by atoms with Crippen LogP contribution in [0.1, 0.15) is 25.3 Å². The second-order valence-corrected chi connectivity index (χ2v) is 5.71. The van der Waals surface area contributed by atoms with Gasteiger partial charge in [-0.25, -0.2) is 0 Å². The first-order chi connectivity index (χ1) is 9.72. The molecule has 4 aromatic rings. The Hall–Kier alpha value is -2.28. The summed E-state index contributed by atoms with van der Waals surface area (Å²) in [6.45, 7) is 4.44. The van der Waals surface area contributed by atoms with E-state index in [1.54, 1.807) is 0 Å². The number of benzene rings is 3. The Balaban J connectivity index is 2.13. The highest BCUT2D eigenvalue weighted by Gasteiger charge is 2.10. The summed E-state index contributed by atoms with van der Waals surface area (Å²) in [6.07, 6.45) is 0. The Labute approximate surface area is 117 Å². The predicted octanol–water partition coefficient (Wildman–Crippen LogP) is 5.86. The molecule has 0 spiro atoms. The largest absolute Gasteiger partial charge is 0.456 e. The summed E-state index contributed by atoms with van der Waals surface area (Å²) in [4.78, 5) is 0. The molecule has 1 heterocycles. The zero-order valence-electron chi connectivity index (χ0n) is 11.7. The molecule has 20 heavy (non-hydrogen) atoms. The number of hydrogen-bond donors (Lipinski definition) is 0. The molecule has 3 aromatic carbocycles. The summed E-state index contributed by atoms with van der Waals surface area (Å²) in [6, 6.07) is 19.3. The summed E-state index contributed by atoms with van der Waals surface area (Å²) < 4.78 is 6.00. The maximum Gasteiger partial charge on any atom is 0.136 e. The van der Waals surface area contributed by atoms with Gasteiger partial charge in [0.15, 0.2) is 0 Å². The van der Waals surface area contributed by atoms with E-state index >= 15 is 0 Å². The van der Waals surface area contributed by atoms with Crippen LogP contribution in [0.5, 0.6) is 0 Å². The van der Waals surface area contributed by atoms with E-state index in [9.17, 15) is 0 Å². The normalized spacial score (nSPS) is 11.9. The summed E-state index contributed by atoms with van der Waals surface area (Å²) in [5.41, 5.74) is 3.30. The van der Waals surface area contributed by atoms with E-state index in [-0.39, 0.29) is 0 Å². The highest BCUT2D eigenvalue weighted by molar-refractivity contribution is 6.10. The molecule has 1 aromatic heterocycles. The summed E-state index contributed by atoms with van der Waals surface area (Å²) in [7, 11) is 0. The van der Waals surface area contributed by atoms with Gasteiger partial charge in [0, 0.05) is 10.8 Å². The number of fused-ring (bicyclic) bond motifs is 4. The molecule has 0 unspecified atom stereocenters. The van der Waals surface area contributed by atoms with Crippen LogP contribution in [0.4, 0.5) is 0 Å². The number of rotatable bonds is 1. The lowest BCUT2D eigenvalue weighted by Gasteiger charge is -2.04. The first kappa shape index (κ1) is 11.5. The van der Waals surface area contributed by atoms with Crippen molar-refractivity contribution in [1.82, 2.24) is 0 Å². The molecule has 0 atom stereocenters. The minimum absolute atomic E-state index is 0.532. The van der Waals surface area contributed by atoms with Gasteiger partial charge < -0.3 is 4.42 Å². The molecule has 0 N–H and O–H groups in total. The van der Waals surface area contributed by atoms with Gasteiger partial charge in [0.1, 0.15) is 11.2 Å². The first-order valence-corrected chi connectivity index (χ1v) is 7.07. The van der Waals surface area contributed by atoms with Crippen molar-refractivity contribution in [3.8, 4) is 0 Å². The smallest absolute Gasteiger partial charge is 0.136 e. The van der Waals surface area contributed by atoms with Gasteiger partial charge in [0.2, 0.25) is 0 Å². The average Bonchev–Trinajstić information content (AvgIpc) is 2.81. The van der Waals surface area contributed by atoms with Crippen LogP contribution >= 0.6 is 0 Å². The quantitative estimate of drug-likeness (QED) is 0.417. The van der Waals surface area contributed by atoms with Gasteiger partial charge in [0.05, 0.1) is 0 Å². The third-order valence-corrected chi connectivity index (χ3v) is 4.03. The van der Waals surface area contributed by atoms with Crippen molar-refractivity contribution in [2.75, 3.05) is 0 Å². The van der Waals surface area contributed by atoms with Gasteiger partial charge in [-0.3, -0.25) is 0 Å². The average molecular weight is 260 g/mol. The molecule has 0 aliphatic carbocycles. The van der Waals surface area contributed by atoms with Gasteiger partial charge in [-0.15, -0.1) is 0 Å². The minimum Gasteiger partial charge on any atom is -0.456 e. The Kier molecular flexibility index (Phi) is 2.37. The molecular formula is C19H16O. The van der Waals surface area contributed by atoms with E-state index in [1.165, 1.54) is 27.1 Å². The number of hydrogen-bond acceptors (Lipinski definition) is 1. The molecule has 0 aliphatic heterocycles. The highest BCUT2D eigenvalue weighted by atomic mass is 16.3. The Morgan fingerprint density at radius 1 is 0.750 bits per heavy atom. The van der Waals surface area contributed by atoms with E-state index in [0.29, 0.717) is 5.92 Å². The van der Waals surface area contributed by atoms with Crippen molar-refractivity contribution >= 4 is 32.7 Å². The van der Waals surface area contributed by atoms with Crippen molar-refractivity contribution in [2.45, 2.75) is 19.8 Å². The van der Waals surface area contributed by atoms with Gasteiger partial charge in [-0.2, -0.15) is 0 Å². The topological polar surface area (TPSA) is 13.1 Å². The lowest BCUT2D eigenvalue weighted by Crippen LogP contribution is -1.85. The van der Waals surface area contributed by atoms with E-state index in [1.807, 2.05) is 0 Å². The monoisotopic (exact) mass is 260 g/mol. The highest BCUT2D eigenvalue weighted by Crippen LogP contribution is 2.33. The molecule has 0 saturated heterocycles. The van der Waals surface area contributed by atoms with E-state index in [4.69, 9.17) is 4.42 Å². The molecule has 0 aliphatic rings. The molecule has 1 heteroatoms. The van der Waals surface area contributed by atoms with Crippen molar-refractivity contribution < 1.29 is 4.42 Å². The Morgan fingerprint density at radius 3 is 2.20 bits per heavy atom. The Bertz CT molecular complexity index is 928. The van der Waals surface area contributed by atoms with Crippen molar-refractivity contribution in [3.05, 3.63) is 60.2 Å². The van der Waals surface area contributed by atoms with Crippen LogP contribution in [-0.2, 0) is 0 Å². The van der Waals surface area contributed by atoms with Crippen LogP contribution in [0, 0.1) is 0 Å². The third kappa shape index (κ3) is 1.63. The lowest BCUT2D eigenvalue weighted by atomic mass is 10.00. The zero-order chi connectivity index (χ0) is 13.7. The van der Waals surface area contributed by atoms with E-state index in [2.05, 4.69) is 68.4 Å². The maximum atomic E-state index is 6.00. The van der Waals surface area contributed by atoms with E-state index in [0.717, 1.165) is 11.2 Å². The van der Waals surface area contributed by atoms with Crippen LogP contribution in [0.15, 0.2) is 59.0 Å². The molecule has 0 radical (unpaired) electrons. The predicted molar refractivity (Wildman–Crippen MR) is 85.3 cm³/mol. The summed E-state index contributed by atoms with van der Waals surface area (Å²) >= 11 is 0. The maximum absolute atomic E-state index is 6.00. The molecule has 0 amide bonds. The standard InChI is InChI=1S/C19H16O/c1-12(2)13-7-8-18-16(9-13)17-10-14-5-3-4-6-15(14)11-19(17)20-18/h3-12H,1-2H3. The molecule has 98 valence electrons. The molecule has 0 fully saturated rings. The van der Waals surface area contributed by atoms with Crippen LogP contribution in [-0.4, -0.2) is 0 Å². The fraction of sp³-hybridized carbons (Fsp3) is 0.158. The second kappa shape index (κ2) is 4.11. The van der Waals surface area contributed by atoms with Crippen LogP contribution < -0.4 is 0 Å². The number of furan rings is 1. The van der Waals surface area contributed by atoms with Gasteiger partial charge in [-0.05, 0) is 46.5 Å². The summed E-state index contributed by atoms with van der Waals surface area (Å²) in [5, 5.41) is 4.92. The minimum atomic E-state index is 0.532.